The molecular formula is C15H24N2O2. The summed E-state index contributed by atoms with van der Waals surface area (Å²) < 4.78 is 0. The first-order chi connectivity index (χ1) is 8.88. The van der Waals surface area contributed by atoms with E-state index in [2.05, 4.69) is 10.6 Å². The summed E-state index contributed by atoms with van der Waals surface area (Å²) in [4.78, 5) is 11.7. The van der Waals surface area contributed by atoms with Crippen molar-refractivity contribution in [3.8, 4) is 0 Å². The van der Waals surface area contributed by atoms with E-state index >= 15 is 0 Å². The van der Waals surface area contributed by atoms with Crippen LogP contribution in [-0.2, 0) is 0 Å². The van der Waals surface area contributed by atoms with Crippen LogP contribution in [0.15, 0.2) is 18.2 Å². The lowest BCUT2D eigenvalue weighted by Crippen LogP contribution is -2.35. The Morgan fingerprint density at radius 3 is 2.58 bits per heavy atom. The molecule has 1 aromatic rings. The second-order valence-electron chi connectivity index (χ2n) is 5.44. The summed E-state index contributed by atoms with van der Waals surface area (Å²) in [6.45, 7) is 8.32. The van der Waals surface area contributed by atoms with Crippen molar-refractivity contribution in [3.05, 3.63) is 29.3 Å². The number of hydrogen-bond donors (Lipinski definition) is 3. The largest absolute Gasteiger partial charge is 0.391 e. The minimum atomic E-state index is -0.495. The average Bonchev–Trinajstić information content (AvgIpc) is 2.29. The molecule has 4 heteroatoms. The van der Waals surface area contributed by atoms with Crippen LogP contribution in [0.25, 0.3) is 0 Å². The predicted octanol–water partition coefficient (Wildman–Crippen LogP) is 2.83. The van der Waals surface area contributed by atoms with Crippen LogP contribution in [0.2, 0.25) is 0 Å². The number of nitrogens with one attached hydrogen (secondary N) is 2. The van der Waals surface area contributed by atoms with Crippen molar-refractivity contribution < 1.29 is 9.90 Å². The van der Waals surface area contributed by atoms with Crippen molar-refractivity contribution in [1.82, 2.24) is 5.32 Å². The first kappa shape index (κ1) is 15.5. The third-order valence-electron chi connectivity index (χ3n) is 2.87. The van der Waals surface area contributed by atoms with Gasteiger partial charge in [0.1, 0.15) is 0 Å². The van der Waals surface area contributed by atoms with E-state index < -0.39 is 6.10 Å². The lowest BCUT2D eigenvalue weighted by atomic mass is 10.1. The number of urea groups is 1. The Bertz CT molecular complexity index is 430. The molecule has 1 atom stereocenters. The number of benzene rings is 1. The van der Waals surface area contributed by atoms with Crippen LogP contribution in [0, 0.1) is 19.8 Å². The number of aliphatic hydroxyl groups is 1. The monoisotopic (exact) mass is 264 g/mol. The second-order valence-corrected chi connectivity index (χ2v) is 5.44. The smallest absolute Gasteiger partial charge is 0.319 e. The molecule has 0 fully saturated rings. The third kappa shape index (κ3) is 5.75. The van der Waals surface area contributed by atoms with Crippen molar-refractivity contribution in [2.75, 3.05) is 11.9 Å². The molecule has 0 spiro atoms. The number of rotatable bonds is 5. The van der Waals surface area contributed by atoms with Crippen molar-refractivity contribution in [3.63, 3.8) is 0 Å². The van der Waals surface area contributed by atoms with E-state index in [0.717, 1.165) is 16.8 Å². The molecule has 0 saturated heterocycles. The van der Waals surface area contributed by atoms with Gasteiger partial charge >= 0.3 is 6.03 Å². The molecule has 1 unspecified atom stereocenters. The number of anilines is 1. The maximum Gasteiger partial charge on any atom is 0.319 e. The van der Waals surface area contributed by atoms with E-state index in [1.165, 1.54) is 0 Å². The van der Waals surface area contributed by atoms with Gasteiger partial charge in [-0.05, 0) is 37.8 Å². The molecular weight excluding hydrogens is 240 g/mol. The molecule has 4 nitrogen and oxygen atoms in total. The van der Waals surface area contributed by atoms with E-state index in [4.69, 9.17) is 0 Å². The predicted molar refractivity (Wildman–Crippen MR) is 78.4 cm³/mol. The Kier molecular flexibility index (Phi) is 5.83. The number of amides is 2. The van der Waals surface area contributed by atoms with Crippen molar-refractivity contribution in [2.24, 2.45) is 5.92 Å². The Balaban J connectivity index is 2.43. The highest BCUT2D eigenvalue weighted by molar-refractivity contribution is 5.90. The Morgan fingerprint density at radius 1 is 1.32 bits per heavy atom. The zero-order chi connectivity index (χ0) is 14.4. The normalized spacial score (nSPS) is 12.3. The van der Waals surface area contributed by atoms with Crippen LogP contribution < -0.4 is 10.6 Å². The Morgan fingerprint density at radius 2 is 2.00 bits per heavy atom. The lowest BCUT2D eigenvalue weighted by molar-refractivity contribution is 0.148. The summed E-state index contributed by atoms with van der Waals surface area (Å²) in [6.07, 6.45) is 0.189. The van der Waals surface area contributed by atoms with Gasteiger partial charge in [0.2, 0.25) is 0 Å². The standard InChI is InChI=1S/C15H24N2O2/c1-10(2)7-13(18)9-16-15(19)17-14-6-5-11(3)8-12(14)4/h5-6,8,10,13,18H,7,9H2,1-4H3,(H2,16,17,19). The fourth-order valence-electron chi connectivity index (χ4n) is 1.96. The summed E-state index contributed by atoms with van der Waals surface area (Å²) in [6, 6.07) is 5.57. The van der Waals surface area contributed by atoms with Crippen molar-refractivity contribution in [1.29, 1.82) is 0 Å². The molecule has 0 aliphatic rings. The Hall–Kier alpha value is -1.55. The molecule has 106 valence electrons. The highest BCUT2D eigenvalue weighted by Gasteiger charge is 2.09. The number of carbonyl (C=O) groups excluding carboxylic acids is 1. The molecule has 0 saturated carbocycles. The molecule has 0 aliphatic heterocycles. The summed E-state index contributed by atoms with van der Waals surface area (Å²) in [5.41, 5.74) is 2.98. The van der Waals surface area contributed by atoms with Gasteiger partial charge in [0, 0.05) is 12.2 Å². The second kappa shape index (κ2) is 7.14. The number of aliphatic hydroxyl groups excluding tert-OH is 1. The quantitative estimate of drug-likeness (QED) is 0.766. The maximum absolute atomic E-state index is 11.7. The van der Waals surface area contributed by atoms with Crippen LogP contribution in [-0.4, -0.2) is 23.8 Å². The van der Waals surface area contributed by atoms with Crippen LogP contribution in [0.4, 0.5) is 10.5 Å². The Labute approximate surface area is 115 Å². The molecule has 0 aliphatic carbocycles. The van der Waals surface area contributed by atoms with E-state index in [0.29, 0.717) is 12.3 Å². The summed E-state index contributed by atoms with van der Waals surface area (Å²) in [5, 5.41) is 15.1. The molecule has 0 heterocycles. The summed E-state index contributed by atoms with van der Waals surface area (Å²) in [5.74, 6) is 0.416. The number of hydrogen-bond acceptors (Lipinski definition) is 2. The first-order valence-corrected chi connectivity index (χ1v) is 6.68. The molecule has 1 rings (SSSR count). The van der Waals surface area contributed by atoms with Gasteiger partial charge in [-0.1, -0.05) is 31.5 Å². The van der Waals surface area contributed by atoms with Crippen molar-refractivity contribution in [2.45, 2.75) is 40.2 Å². The maximum atomic E-state index is 11.7. The van der Waals surface area contributed by atoms with E-state index in [1.54, 1.807) is 0 Å². The molecule has 0 bridgehead atoms. The van der Waals surface area contributed by atoms with Gasteiger partial charge in [-0.2, -0.15) is 0 Å². The average molecular weight is 264 g/mol. The van der Waals surface area contributed by atoms with Gasteiger partial charge in [0.25, 0.3) is 0 Å². The summed E-state index contributed by atoms with van der Waals surface area (Å²) >= 11 is 0. The summed E-state index contributed by atoms with van der Waals surface area (Å²) in [7, 11) is 0. The molecule has 19 heavy (non-hydrogen) atoms. The van der Waals surface area contributed by atoms with Crippen LogP contribution >= 0.6 is 0 Å². The number of carbonyl (C=O) groups is 1. The first-order valence-electron chi connectivity index (χ1n) is 6.68. The topological polar surface area (TPSA) is 61.4 Å². The van der Waals surface area contributed by atoms with Gasteiger partial charge in [-0.25, -0.2) is 4.79 Å². The molecule has 0 aromatic heterocycles. The molecule has 0 radical (unpaired) electrons. The molecule has 1 aromatic carbocycles. The third-order valence-corrected chi connectivity index (χ3v) is 2.87. The zero-order valence-electron chi connectivity index (χ0n) is 12.2. The zero-order valence-corrected chi connectivity index (χ0v) is 12.2. The van der Waals surface area contributed by atoms with Gasteiger partial charge in [-0.15, -0.1) is 0 Å². The van der Waals surface area contributed by atoms with Crippen LogP contribution in [0.3, 0.4) is 0 Å². The highest BCUT2D eigenvalue weighted by atomic mass is 16.3. The fraction of sp³-hybridized carbons (Fsp3) is 0.533. The molecule has 3 N–H and O–H groups in total. The highest BCUT2D eigenvalue weighted by Crippen LogP contribution is 2.15. The fourth-order valence-corrected chi connectivity index (χ4v) is 1.96. The van der Waals surface area contributed by atoms with Crippen LogP contribution in [0.5, 0.6) is 0 Å². The van der Waals surface area contributed by atoms with Crippen molar-refractivity contribution >= 4 is 11.7 Å². The van der Waals surface area contributed by atoms with Gasteiger partial charge < -0.3 is 15.7 Å². The van der Waals surface area contributed by atoms with E-state index in [9.17, 15) is 9.90 Å². The lowest BCUT2D eigenvalue weighted by Gasteiger charge is -2.15. The molecule has 2 amide bonds. The van der Waals surface area contributed by atoms with Crippen LogP contribution in [0.1, 0.15) is 31.4 Å². The van der Waals surface area contributed by atoms with Gasteiger partial charge in [-0.3, -0.25) is 0 Å². The SMILES string of the molecule is Cc1ccc(NC(=O)NCC(O)CC(C)C)c(C)c1. The minimum Gasteiger partial charge on any atom is -0.391 e. The number of aryl methyl sites for hydroxylation is 2. The van der Waals surface area contributed by atoms with E-state index in [1.807, 2.05) is 45.9 Å². The van der Waals surface area contributed by atoms with Gasteiger partial charge in [0.15, 0.2) is 0 Å². The van der Waals surface area contributed by atoms with E-state index in [-0.39, 0.29) is 12.6 Å². The van der Waals surface area contributed by atoms with Gasteiger partial charge in [0.05, 0.1) is 6.10 Å². The minimum absolute atomic E-state index is 0.273.